The zero-order valence-electron chi connectivity index (χ0n) is 18.3. The topological polar surface area (TPSA) is 118 Å². The van der Waals surface area contributed by atoms with Crippen molar-refractivity contribution in [2.24, 2.45) is 0 Å². The first-order valence-electron chi connectivity index (χ1n) is 10.8. The molecule has 0 bridgehead atoms. The van der Waals surface area contributed by atoms with Crippen LogP contribution in [0.25, 0.3) is 0 Å². The van der Waals surface area contributed by atoms with Crippen LogP contribution in [0.2, 0.25) is 0 Å². The molecule has 8 nitrogen and oxygen atoms in total. The molecule has 0 saturated carbocycles. The number of nitrogen functional groups attached to an aromatic ring is 2. The molecule has 0 spiro atoms. The molecule has 6 N–H and O–H groups in total. The molecule has 0 aliphatic rings. The third-order valence-electron chi connectivity index (χ3n) is 4.76. The van der Waals surface area contributed by atoms with Crippen LogP contribution in [0.3, 0.4) is 0 Å². The smallest absolute Gasteiger partial charge is 0.233 e. The molecule has 31 heavy (non-hydrogen) atoms. The summed E-state index contributed by atoms with van der Waals surface area (Å²) >= 11 is 0. The first kappa shape index (κ1) is 22.1. The molecular formula is C23H32N8. The van der Waals surface area contributed by atoms with E-state index < -0.39 is 0 Å². The van der Waals surface area contributed by atoms with Crippen molar-refractivity contribution >= 4 is 40.6 Å². The average Bonchev–Trinajstić information content (AvgIpc) is 2.74. The summed E-state index contributed by atoms with van der Waals surface area (Å²) in [6.07, 6.45) is 4.36. The van der Waals surface area contributed by atoms with E-state index in [4.69, 9.17) is 21.4 Å². The Labute approximate surface area is 184 Å². The van der Waals surface area contributed by atoms with Gasteiger partial charge in [-0.25, -0.2) is 0 Å². The maximum atomic E-state index is 5.92. The predicted molar refractivity (Wildman–Crippen MR) is 130 cm³/mol. The van der Waals surface area contributed by atoms with Crippen LogP contribution in [0.15, 0.2) is 48.5 Å². The van der Waals surface area contributed by atoms with Crippen LogP contribution in [0.5, 0.6) is 0 Å². The molecule has 2 aromatic carbocycles. The molecule has 164 valence electrons. The van der Waals surface area contributed by atoms with Gasteiger partial charge in [0.25, 0.3) is 0 Å². The Morgan fingerprint density at radius 1 is 0.742 bits per heavy atom. The van der Waals surface area contributed by atoms with Crippen molar-refractivity contribution in [3.8, 4) is 0 Å². The highest BCUT2D eigenvalue weighted by Gasteiger charge is 2.14. The van der Waals surface area contributed by atoms with Crippen LogP contribution >= 0.6 is 0 Å². The van der Waals surface area contributed by atoms with E-state index in [0.717, 1.165) is 50.1 Å². The van der Waals surface area contributed by atoms with Gasteiger partial charge in [0.05, 0.1) is 0 Å². The van der Waals surface area contributed by atoms with Crippen molar-refractivity contribution < 1.29 is 0 Å². The zero-order chi connectivity index (χ0) is 22.1. The van der Waals surface area contributed by atoms with Crippen molar-refractivity contribution in [1.29, 1.82) is 0 Å². The molecule has 3 rings (SSSR count). The minimum Gasteiger partial charge on any atom is -0.399 e. The zero-order valence-corrected chi connectivity index (χ0v) is 18.3. The van der Waals surface area contributed by atoms with Gasteiger partial charge < -0.3 is 27.0 Å². The number of hydrogen-bond donors (Lipinski definition) is 4. The third kappa shape index (κ3) is 6.74. The summed E-state index contributed by atoms with van der Waals surface area (Å²) in [5.74, 6) is 1.56. The maximum absolute atomic E-state index is 5.92. The number of nitrogens with two attached hydrogens (primary N) is 2. The van der Waals surface area contributed by atoms with Gasteiger partial charge >= 0.3 is 0 Å². The Morgan fingerprint density at radius 2 is 1.23 bits per heavy atom. The quantitative estimate of drug-likeness (QED) is 0.323. The Bertz CT molecular complexity index is 902. The molecule has 0 atom stereocenters. The average molecular weight is 421 g/mol. The Hall–Kier alpha value is -3.55. The molecule has 1 aromatic heterocycles. The highest BCUT2D eigenvalue weighted by atomic mass is 15.3. The van der Waals surface area contributed by atoms with Gasteiger partial charge in [0.1, 0.15) is 0 Å². The van der Waals surface area contributed by atoms with Gasteiger partial charge in [0, 0.05) is 35.8 Å². The van der Waals surface area contributed by atoms with Gasteiger partial charge in [-0.2, -0.15) is 15.0 Å². The van der Waals surface area contributed by atoms with E-state index in [-0.39, 0.29) is 0 Å². The van der Waals surface area contributed by atoms with Gasteiger partial charge in [0.15, 0.2) is 0 Å². The summed E-state index contributed by atoms with van der Waals surface area (Å²) in [5.41, 5.74) is 14.8. The summed E-state index contributed by atoms with van der Waals surface area (Å²) in [6.45, 7) is 6.17. The van der Waals surface area contributed by atoms with Gasteiger partial charge in [-0.3, -0.25) is 0 Å². The molecule has 1 heterocycles. The van der Waals surface area contributed by atoms with Crippen molar-refractivity contribution in [3.63, 3.8) is 0 Å². The Morgan fingerprint density at radius 3 is 1.65 bits per heavy atom. The maximum Gasteiger partial charge on any atom is 0.233 e. The van der Waals surface area contributed by atoms with E-state index in [1.54, 1.807) is 0 Å². The minimum atomic E-state index is 0.458. The lowest BCUT2D eigenvalue weighted by atomic mass is 10.3. The summed E-state index contributed by atoms with van der Waals surface area (Å²) in [4.78, 5) is 16.2. The number of aromatic nitrogens is 3. The summed E-state index contributed by atoms with van der Waals surface area (Å²) < 4.78 is 0. The Balaban J connectivity index is 1.94. The molecule has 0 aliphatic heterocycles. The molecule has 3 aromatic rings. The van der Waals surface area contributed by atoms with E-state index in [1.807, 2.05) is 48.5 Å². The van der Waals surface area contributed by atoms with Gasteiger partial charge in [-0.1, -0.05) is 38.8 Å². The van der Waals surface area contributed by atoms with Gasteiger partial charge in [-0.15, -0.1) is 0 Å². The highest BCUT2D eigenvalue weighted by molar-refractivity contribution is 5.63. The van der Waals surface area contributed by atoms with Crippen molar-refractivity contribution in [2.75, 3.05) is 40.1 Å². The normalized spacial score (nSPS) is 10.6. The Kier molecular flexibility index (Phi) is 7.86. The van der Waals surface area contributed by atoms with E-state index in [1.165, 1.54) is 0 Å². The third-order valence-corrected chi connectivity index (χ3v) is 4.76. The monoisotopic (exact) mass is 420 g/mol. The second-order valence-electron chi connectivity index (χ2n) is 7.48. The largest absolute Gasteiger partial charge is 0.399 e. The second-order valence-corrected chi connectivity index (χ2v) is 7.48. The number of benzene rings is 2. The first-order valence-corrected chi connectivity index (χ1v) is 10.8. The lowest BCUT2D eigenvalue weighted by Gasteiger charge is -2.23. The molecule has 8 heteroatoms. The molecule has 0 radical (unpaired) electrons. The van der Waals surface area contributed by atoms with E-state index in [9.17, 15) is 0 Å². The molecule has 0 aliphatic carbocycles. The number of anilines is 7. The minimum absolute atomic E-state index is 0.458. The summed E-state index contributed by atoms with van der Waals surface area (Å²) in [6, 6.07) is 15.0. The molecule has 0 unspecified atom stereocenters. The van der Waals surface area contributed by atoms with Crippen LogP contribution in [-0.4, -0.2) is 28.0 Å². The van der Waals surface area contributed by atoms with Crippen LogP contribution in [-0.2, 0) is 0 Å². The fourth-order valence-corrected chi connectivity index (χ4v) is 3.12. The number of rotatable bonds is 11. The number of hydrogen-bond acceptors (Lipinski definition) is 8. The second kappa shape index (κ2) is 11.0. The van der Waals surface area contributed by atoms with Gasteiger partial charge in [0.2, 0.25) is 17.8 Å². The summed E-state index contributed by atoms with van der Waals surface area (Å²) in [5, 5.41) is 6.51. The standard InChI is InChI=1S/C23H32N8/c1-3-5-13-31(14-6-4-2)23-29-21(26-19-11-7-9-17(24)15-19)28-22(30-23)27-20-12-8-10-18(25)16-20/h7-12,15-16H,3-6,13-14,24-25H2,1-2H3,(H2,26,27,28,29,30). The van der Waals surface area contributed by atoms with Crippen molar-refractivity contribution in [1.82, 2.24) is 15.0 Å². The van der Waals surface area contributed by atoms with Crippen LogP contribution in [0, 0.1) is 0 Å². The first-order chi connectivity index (χ1) is 15.1. The fraction of sp³-hybridized carbons (Fsp3) is 0.348. The number of nitrogens with zero attached hydrogens (tertiary/aromatic N) is 4. The van der Waals surface area contributed by atoms with Crippen molar-refractivity contribution in [2.45, 2.75) is 39.5 Å². The lowest BCUT2D eigenvalue weighted by molar-refractivity contribution is 0.662. The molecule has 0 amide bonds. The van der Waals surface area contributed by atoms with E-state index in [2.05, 4.69) is 34.4 Å². The van der Waals surface area contributed by atoms with Crippen molar-refractivity contribution in [3.05, 3.63) is 48.5 Å². The SMILES string of the molecule is CCCCN(CCCC)c1nc(Nc2cccc(N)c2)nc(Nc2cccc(N)c2)n1. The van der Waals surface area contributed by atoms with Crippen LogP contribution in [0.4, 0.5) is 40.6 Å². The van der Waals surface area contributed by atoms with Crippen LogP contribution < -0.4 is 27.0 Å². The fourth-order valence-electron chi connectivity index (χ4n) is 3.12. The van der Waals surface area contributed by atoms with E-state index in [0.29, 0.717) is 29.2 Å². The van der Waals surface area contributed by atoms with Crippen LogP contribution in [0.1, 0.15) is 39.5 Å². The summed E-state index contributed by atoms with van der Waals surface area (Å²) in [7, 11) is 0. The molecule has 0 fully saturated rings. The predicted octanol–water partition coefficient (Wildman–Crippen LogP) is 4.93. The van der Waals surface area contributed by atoms with E-state index >= 15 is 0 Å². The number of nitrogens with one attached hydrogen (secondary N) is 2. The lowest BCUT2D eigenvalue weighted by Crippen LogP contribution is -2.28. The number of unbranched alkanes of at least 4 members (excludes halogenated alkanes) is 2. The highest BCUT2D eigenvalue weighted by Crippen LogP contribution is 2.22. The molecule has 0 saturated heterocycles. The van der Waals surface area contributed by atoms with Gasteiger partial charge in [-0.05, 0) is 49.2 Å². The molecular weight excluding hydrogens is 388 g/mol.